The topological polar surface area (TPSA) is 79.7 Å². The number of hydrogen-bond donors (Lipinski definition) is 1. The number of rotatable bonds is 3. The molecular weight excluding hydrogens is 248 g/mol. The Labute approximate surface area is 111 Å². The van der Waals surface area contributed by atoms with Gasteiger partial charge >= 0.3 is 5.97 Å². The van der Waals surface area contributed by atoms with Crippen LogP contribution in [0.15, 0.2) is 18.3 Å². The van der Waals surface area contributed by atoms with Crippen LogP contribution in [0.3, 0.4) is 0 Å². The molecule has 0 spiro atoms. The predicted octanol–water partition coefficient (Wildman–Crippen LogP) is 1.17. The number of nitrogens with zero attached hydrogens (tertiary/aromatic N) is 2. The second-order valence-corrected chi connectivity index (χ2v) is 4.51. The van der Waals surface area contributed by atoms with E-state index in [0.29, 0.717) is 19.0 Å². The predicted molar refractivity (Wildman–Crippen MR) is 67.1 cm³/mol. The highest BCUT2D eigenvalue weighted by Gasteiger charge is 2.22. The van der Waals surface area contributed by atoms with Crippen molar-refractivity contribution < 1.29 is 19.4 Å². The van der Waals surface area contributed by atoms with Gasteiger partial charge in [0.2, 0.25) is 11.8 Å². The lowest BCUT2D eigenvalue weighted by Gasteiger charge is -2.31. The Morgan fingerprint density at radius 1 is 1.42 bits per heavy atom. The molecule has 2 rings (SSSR count). The van der Waals surface area contributed by atoms with Gasteiger partial charge in [-0.25, -0.2) is 9.78 Å². The van der Waals surface area contributed by atoms with E-state index in [4.69, 9.17) is 9.84 Å². The highest BCUT2D eigenvalue weighted by Crippen LogP contribution is 2.18. The molecule has 1 fully saturated rings. The number of pyridine rings is 1. The molecule has 1 amide bonds. The minimum atomic E-state index is -1.00. The Hall–Kier alpha value is -2.11. The van der Waals surface area contributed by atoms with Gasteiger partial charge in [0.15, 0.2) is 0 Å². The number of carbonyl (C=O) groups excluding carboxylic acids is 1. The number of aromatic carboxylic acids is 1. The molecule has 19 heavy (non-hydrogen) atoms. The van der Waals surface area contributed by atoms with Crippen molar-refractivity contribution in [3.05, 3.63) is 23.9 Å². The van der Waals surface area contributed by atoms with Crippen LogP contribution in [0.1, 0.15) is 30.1 Å². The monoisotopic (exact) mass is 264 g/mol. The van der Waals surface area contributed by atoms with Crippen molar-refractivity contribution in [3.63, 3.8) is 0 Å². The smallest absolute Gasteiger partial charge is 0.335 e. The van der Waals surface area contributed by atoms with Gasteiger partial charge in [0.25, 0.3) is 0 Å². The van der Waals surface area contributed by atoms with Crippen LogP contribution in [0.2, 0.25) is 0 Å². The number of amides is 1. The summed E-state index contributed by atoms with van der Waals surface area (Å²) in [6.45, 7) is 2.89. The van der Waals surface area contributed by atoms with Gasteiger partial charge in [-0.2, -0.15) is 0 Å². The molecule has 1 aliphatic heterocycles. The first-order valence-corrected chi connectivity index (χ1v) is 6.18. The minimum Gasteiger partial charge on any atom is -0.478 e. The maximum Gasteiger partial charge on any atom is 0.335 e. The molecule has 1 aliphatic rings. The zero-order chi connectivity index (χ0) is 13.8. The Kier molecular flexibility index (Phi) is 3.99. The highest BCUT2D eigenvalue weighted by atomic mass is 16.5. The van der Waals surface area contributed by atoms with Gasteiger partial charge in [-0.15, -0.1) is 0 Å². The summed E-state index contributed by atoms with van der Waals surface area (Å²) in [5, 5.41) is 8.88. The summed E-state index contributed by atoms with van der Waals surface area (Å²) in [6, 6.07) is 2.84. The van der Waals surface area contributed by atoms with Crippen LogP contribution in [0, 0.1) is 0 Å². The molecule has 0 atom stereocenters. The molecule has 1 saturated heterocycles. The van der Waals surface area contributed by atoms with Crippen LogP contribution in [-0.4, -0.2) is 46.1 Å². The summed E-state index contributed by atoms with van der Waals surface area (Å²) in [4.78, 5) is 27.8. The lowest BCUT2D eigenvalue weighted by atomic mass is 10.1. The van der Waals surface area contributed by atoms with Crippen LogP contribution in [0.4, 0.5) is 0 Å². The number of aromatic nitrogens is 1. The fourth-order valence-corrected chi connectivity index (χ4v) is 2.07. The summed E-state index contributed by atoms with van der Waals surface area (Å²) in [7, 11) is 0. The number of hydrogen-bond acceptors (Lipinski definition) is 4. The summed E-state index contributed by atoms with van der Waals surface area (Å²) in [5.41, 5.74) is 0.158. The Bertz CT molecular complexity index is 481. The van der Waals surface area contributed by atoms with E-state index in [2.05, 4.69) is 4.98 Å². The quantitative estimate of drug-likeness (QED) is 0.886. The van der Waals surface area contributed by atoms with Crippen molar-refractivity contribution in [2.45, 2.75) is 25.9 Å². The summed E-state index contributed by atoms with van der Waals surface area (Å²) >= 11 is 0. The van der Waals surface area contributed by atoms with Gasteiger partial charge in [-0.1, -0.05) is 0 Å². The molecule has 6 heteroatoms. The van der Waals surface area contributed by atoms with Gasteiger partial charge in [-0.3, -0.25) is 4.79 Å². The molecule has 0 saturated carbocycles. The van der Waals surface area contributed by atoms with Gasteiger partial charge < -0.3 is 14.7 Å². The minimum absolute atomic E-state index is 0.0212. The fraction of sp³-hybridized carbons (Fsp3) is 0.462. The van der Waals surface area contributed by atoms with E-state index in [1.165, 1.54) is 18.3 Å². The van der Waals surface area contributed by atoms with E-state index in [-0.39, 0.29) is 17.6 Å². The van der Waals surface area contributed by atoms with Gasteiger partial charge in [-0.05, 0) is 6.07 Å². The molecular formula is C13H16N2O4. The van der Waals surface area contributed by atoms with E-state index >= 15 is 0 Å². The van der Waals surface area contributed by atoms with Crippen LogP contribution in [0.5, 0.6) is 5.88 Å². The standard InChI is InChI=1S/C13H16N2O4/c1-9(16)15-6-3-11(4-7-15)19-12-8-10(13(17)18)2-5-14-12/h2,5,8,11H,3-4,6-7H2,1H3,(H,17,18). The molecule has 0 aromatic carbocycles. The molecule has 0 radical (unpaired) electrons. The van der Waals surface area contributed by atoms with Crippen molar-refractivity contribution in [2.24, 2.45) is 0 Å². The van der Waals surface area contributed by atoms with Crippen LogP contribution in [0.25, 0.3) is 0 Å². The first kappa shape index (κ1) is 13.3. The normalized spacial score (nSPS) is 16.2. The number of carboxylic acids is 1. The summed E-state index contributed by atoms with van der Waals surface area (Å²) in [5.74, 6) is -0.607. The third kappa shape index (κ3) is 3.43. The molecule has 6 nitrogen and oxygen atoms in total. The Morgan fingerprint density at radius 3 is 2.68 bits per heavy atom. The average Bonchev–Trinajstić information content (AvgIpc) is 2.39. The largest absolute Gasteiger partial charge is 0.478 e. The average molecular weight is 264 g/mol. The van der Waals surface area contributed by atoms with Crippen molar-refractivity contribution in [3.8, 4) is 5.88 Å². The molecule has 0 unspecified atom stereocenters. The zero-order valence-electron chi connectivity index (χ0n) is 10.7. The van der Waals surface area contributed by atoms with Crippen LogP contribution < -0.4 is 4.74 Å². The number of likely N-dealkylation sites (tertiary alicyclic amines) is 1. The zero-order valence-corrected chi connectivity index (χ0v) is 10.7. The Morgan fingerprint density at radius 2 is 2.11 bits per heavy atom. The fourth-order valence-electron chi connectivity index (χ4n) is 2.07. The first-order valence-electron chi connectivity index (χ1n) is 6.18. The van der Waals surface area contributed by atoms with Crippen molar-refractivity contribution in [1.82, 2.24) is 9.88 Å². The molecule has 1 aromatic rings. The third-order valence-electron chi connectivity index (χ3n) is 3.16. The number of piperidine rings is 1. The number of ether oxygens (including phenoxy) is 1. The molecule has 2 heterocycles. The first-order chi connectivity index (χ1) is 9.06. The van der Waals surface area contributed by atoms with Gasteiger partial charge in [0.05, 0.1) is 5.56 Å². The lowest BCUT2D eigenvalue weighted by Crippen LogP contribution is -2.40. The molecule has 0 bridgehead atoms. The molecule has 1 N–H and O–H groups in total. The Balaban J connectivity index is 1.94. The van der Waals surface area contributed by atoms with Crippen LogP contribution >= 0.6 is 0 Å². The third-order valence-corrected chi connectivity index (χ3v) is 3.16. The maximum absolute atomic E-state index is 11.2. The van der Waals surface area contributed by atoms with E-state index in [0.717, 1.165) is 12.8 Å². The van der Waals surface area contributed by atoms with E-state index in [9.17, 15) is 9.59 Å². The molecule has 1 aromatic heterocycles. The second kappa shape index (κ2) is 5.69. The number of carboxylic acid groups (broad SMARTS) is 1. The summed E-state index contributed by atoms with van der Waals surface area (Å²) < 4.78 is 5.66. The van der Waals surface area contributed by atoms with E-state index in [1.807, 2.05) is 0 Å². The molecule has 0 aliphatic carbocycles. The summed E-state index contributed by atoms with van der Waals surface area (Å²) in [6.07, 6.45) is 2.87. The van der Waals surface area contributed by atoms with Gasteiger partial charge in [0.1, 0.15) is 6.10 Å². The van der Waals surface area contributed by atoms with Crippen molar-refractivity contribution in [2.75, 3.05) is 13.1 Å². The SMILES string of the molecule is CC(=O)N1CCC(Oc2cc(C(=O)O)ccn2)CC1. The van der Waals surface area contributed by atoms with E-state index in [1.54, 1.807) is 11.8 Å². The van der Waals surface area contributed by atoms with E-state index < -0.39 is 5.97 Å². The van der Waals surface area contributed by atoms with Crippen molar-refractivity contribution >= 4 is 11.9 Å². The van der Waals surface area contributed by atoms with Gasteiger partial charge in [0, 0.05) is 45.1 Å². The second-order valence-electron chi connectivity index (χ2n) is 4.51. The number of carbonyl (C=O) groups is 2. The lowest BCUT2D eigenvalue weighted by molar-refractivity contribution is -0.130. The van der Waals surface area contributed by atoms with Crippen molar-refractivity contribution in [1.29, 1.82) is 0 Å². The maximum atomic E-state index is 11.2. The highest BCUT2D eigenvalue weighted by molar-refractivity contribution is 5.87. The van der Waals surface area contributed by atoms with Crippen LogP contribution in [-0.2, 0) is 4.79 Å². The molecule has 102 valence electrons.